The Morgan fingerprint density at radius 3 is 2.42 bits per heavy atom. The molecule has 0 fully saturated rings. The van der Waals surface area contributed by atoms with Crippen molar-refractivity contribution in [1.82, 2.24) is 0 Å². The third-order valence-electron chi connectivity index (χ3n) is 3.28. The zero-order chi connectivity index (χ0) is 17.7. The SMILES string of the molecule is COc1cc(/C=C(\C#N)c2ccc([N+](=O)[O-])cc2)cc(Cl)c1OC. The van der Waals surface area contributed by atoms with Gasteiger partial charge in [0.2, 0.25) is 0 Å². The average Bonchev–Trinajstić information content (AvgIpc) is 2.59. The van der Waals surface area contributed by atoms with Crippen LogP contribution in [-0.2, 0) is 0 Å². The summed E-state index contributed by atoms with van der Waals surface area (Å²) in [4.78, 5) is 10.2. The van der Waals surface area contributed by atoms with E-state index in [1.165, 1.54) is 38.5 Å². The largest absolute Gasteiger partial charge is 0.493 e. The average molecular weight is 345 g/mol. The van der Waals surface area contributed by atoms with E-state index in [4.69, 9.17) is 21.1 Å². The van der Waals surface area contributed by atoms with Gasteiger partial charge in [0.1, 0.15) is 0 Å². The number of nitrogens with zero attached hydrogens (tertiary/aromatic N) is 2. The highest BCUT2D eigenvalue weighted by molar-refractivity contribution is 6.32. The van der Waals surface area contributed by atoms with Gasteiger partial charge < -0.3 is 9.47 Å². The molecule has 0 aliphatic carbocycles. The van der Waals surface area contributed by atoms with Crippen molar-refractivity contribution >= 4 is 28.9 Å². The summed E-state index contributed by atoms with van der Waals surface area (Å²) < 4.78 is 10.4. The minimum Gasteiger partial charge on any atom is -0.493 e. The molecule has 2 rings (SSSR count). The molecule has 122 valence electrons. The number of allylic oxidation sites excluding steroid dienone is 1. The zero-order valence-electron chi connectivity index (χ0n) is 12.9. The van der Waals surface area contributed by atoms with Crippen LogP contribution in [0.4, 0.5) is 5.69 Å². The molecule has 0 atom stereocenters. The van der Waals surface area contributed by atoms with Gasteiger partial charge in [-0.15, -0.1) is 0 Å². The number of nitriles is 1. The molecule has 0 amide bonds. The number of non-ortho nitro benzene ring substituents is 1. The zero-order valence-corrected chi connectivity index (χ0v) is 13.7. The Morgan fingerprint density at radius 1 is 1.25 bits per heavy atom. The normalized spacial score (nSPS) is 10.8. The Balaban J connectivity index is 2.46. The van der Waals surface area contributed by atoms with Gasteiger partial charge >= 0.3 is 0 Å². The van der Waals surface area contributed by atoms with E-state index < -0.39 is 4.92 Å². The molecule has 2 aromatic carbocycles. The molecular formula is C17H13ClN2O4. The predicted molar refractivity (Wildman–Crippen MR) is 91.1 cm³/mol. The maximum atomic E-state index is 10.7. The minimum absolute atomic E-state index is 0.0369. The van der Waals surface area contributed by atoms with E-state index in [0.29, 0.717) is 33.2 Å². The lowest BCUT2D eigenvalue weighted by atomic mass is 10.0. The van der Waals surface area contributed by atoms with Crippen LogP contribution in [0.25, 0.3) is 11.6 Å². The van der Waals surface area contributed by atoms with Gasteiger partial charge in [0.05, 0.1) is 35.8 Å². The van der Waals surface area contributed by atoms with Gasteiger partial charge in [-0.2, -0.15) is 5.26 Å². The van der Waals surface area contributed by atoms with Gasteiger partial charge in [-0.3, -0.25) is 10.1 Å². The highest BCUT2D eigenvalue weighted by atomic mass is 35.5. The monoisotopic (exact) mass is 344 g/mol. The molecule has 0 unspecified atom stereocenters. The van der Waals surface area contributed by atoms with E-state index in [-0.39, 0.29) is 5.69 Å². The van der Waals surface area contributed by atoms with Gasteiger partial charge in [0.25, 0.3) is 5.69 Å². The van der Waals surface area contributed by atoms with Crippen LogP contribution in [0, 0.1) is 21.4 Å². The maximum absolute atomic E-state index is 10.7. The standard InChI is InChI=1S/C17H13ClN2O4/c1-23-16-9-11(8-15(18)17(16)24-2)7-13(10-19)12-3-5-14(6-4-12)20(21)22/h3-9H,1-2H3/b13-7+. The number of hydrogen-bond donors (Lipinski definition) is 0. The second-order valence-corrected chi connectivity index (χ2v) is 5.12. The summed E-state index contributed by atoms with van der Waals surface area (Å²) in [5.41, 5.74) is 1.51. The van der Waals surface area contributed by atoms with Crippen molar-refractivity contribution < 1.29 is 14.4 Å². The minimum atomic E-state index is -0.492. The lowest BCUT2D eigenvalue weighted by Crippen LogP contribution is -1.92. The first-order valence-electron chi connectivity index (χ1n) is 6.78. The summed E-state index contributed by atoms with van der Waals surface area (Å²) in [5.74, 6) is 0.849. The fraction of sp³-hybridized carbons (Fsp3) is 0.118. The molecule has 0 saturated carbocycles. The fourth-order valence-corrected chi connectivity index (χ4v) is 2.43. The lowest BCUT2D eigenvalue weighted by molar-refractivity contribution is -0.384. The molecule has 2 aromatic rings. The number of nitro benzene ring substituents is 1. The summed E-state index contributed by atoms with van der Waals surface area (Å²) >= 11 is 6.15. The van der Waals surface area contributed by atoms with Crippen LogP contribution in [0.5, 0.6) is 11.5 Å². The smallest absolute Gasteiger partial charge is 0.269 e. The summed E-state index contributed by atoms with van der Waals surface area (Å²) in [6.07, 6.45) is 1.62. The first kappa shape index (κ1) is 17.3. The van der Waals surface area contributed by atoms with Crippen molar-refractivity contribution in [3.8, 4) is 17.6 Å². The van der Waals surface area contributed by atoms with Crippen LogP contribution in [0.15, 0.2) is 36.4 Å². The van der Waals surface area contributed by atoms with Gasteiger partial charge in [-0.05, 0) is 41.5 Å². The van der Waals surface area contributed by atoms with Crippen molar-refractivity contribution in [2.24, 2.45) is 0 Å². The molecule has 24 heavy (non-hydrogen) atoms. The molecular weight excluding hydrogens is 332 g/mol. The van der Waals surface area contributed by atoms with E-state index in [2.05, 4.69) is 6.07 Å². The van der Waals surface area contributed by atoms with E-state index in [1.807, 2.05) is 0 Å². The quantitative estimate of drug-likeness (QED) is 0.349. The van der Waals surface area contributed by atoms with Gasteiger partial charge in [0, 0.05) is 12.1 Å². The van der Waals surface area contributed by atoms with Crippen molar-refractivity contribution in [3.05, 3.63) is 62.7 Å². The molecule has 0 radical (unpaired) electrons. The fourth-order valence-electron chi connectivity index (χ4n) is 2.13. The predicted octanol–water partition coefficient (Wildman–Crippen LogP) is 4.33. The number of hydrogen-bond acceptors (Lipinski definition) is 5. The van der Waals surface area contributed by atoms with Crippen LogP contribution in [0.2, 0.25) is 5.02 Å². The molecule has 0 heterocycles. The van der Waals surface area contributed by atoms with Crippen molar-refractivity contribution in [3.63, 3.8) is 0 Å². The van der Waals surface area contributed by atoms with Crippen molar-refractivity contribution in [2.75, 3.05) is 14.2 Å². The molecule has 0 saturated heterocycles. The topological polar surface area (TPSA) is 85.4 Å². The third-order valence-corrected chi connectivity index (χ3v) is 3.56. The summed E-state index contributed by atoms with van der Waals surface area (Å²) in [5, 5.41) is 20.4. The molecule has 6 nitrogen and oxygen atoms in total. The third kappa shape index (κ3) is 3.65. The summed E-state index contributed by atoms with van der Waals surface area (Å²) in [7, 11) is 2.97. The molecule has 0 N–H and O–H groups in total. The highest BCUT2D eigenvalue weighted by Crippen LogP contribution is 2.37. The molecule has 0 aromatic heterocycles. The Kier molecular flexibility index (Phi) is 5.40. The summed E-state index contributed by atoms with van der Waals surface area (Å²) in [6, 6.07) is 11.2. The number of methoxy groups -OCH3 is 2. The van der Waals surface area contributed by atoms with Crippen LogP contribution in [0.3, 0.4) is 0 Å². The van der Waals surface area contributed by atoms with E-state index >= 15 is 0 Å². The van der Waals surface area contributed by atoms with Gasteiger partial charge in [-0.1, -0.05) is 11.6 Å². The van der Waals surface area contributed by atoms with Crippen LogP contribution < -0.4 is 9.47 Å². The van der Waals surface area contributed by atoms with E-state index in [1.54, 1.807) is 18.2 Å². The Bertz CT molecular complexity index is 839. The highest BCUT2D eigenvalue weighted by Gasteiger charge is 2.11. The Hall–Kier alpha value is -3.04. The van der Waals surface area contributed by atoms with Gasteiger partial charge in [-0.25, -0.2) is 0 Å². The lowest BCUT2D eigenvalue weighted by Gasteiger charge is -2.10. The first-order valence-corrected chi connectivity index (χ1v) is 7.16. The number of nitro groups is 1. The second-order valence-electron chi connectivity index (χ2n) is 4.71. The number of halogens is 1. The Morgan fingerprint density at radius 2 is 1.92 bits per heavy atom. The number of benzene rings is 2. The van der Waals surface area contributed by atoms with Crippen LogP contribution >= 0.6 is 11.6 Å². The molecule has 0 spiro atoms. The molecule has 0 aliphatic heterocycles. The van der Waals surface area contributed by atoms with Crippen molar-refractivity contribution in [2.45, 2.75) is 0 Å². The maximum Gasteiger partial charge on any atom is 0.269 e. The van der Waals surface area contributed by atoms with Crippen LogP contribution in [0.1, 0.15) is 11.1 Å². The number of rotatable bonds is 5. The second kappa shape index (κ2) is 7.49. The first-order chi connectivity index (χ1) is 11.5. The summed E-state index contributed by atoms with van der Waals surface area (Å²) in [6.45, 7) is 0. The Labute approximate surface area is 143 Å². The molecule has 7 heteroatoms. The van der Waals surface area contributed by atoms with E-state index in [0.717, 1.165) is 0 Å². The molecule has 0 bridgehead atoms. The van der Waals surface area contributed by atoms with Crippen LogP contribution in [-0.4, -0.2) is 19.1 Å². The molecule has 0 aliphatic rings. The van der Waals surface area contributed by atoms with Gasteiger partial charge in [0.15, 0.2) is 11.5 Å². The number of ether oxygens (including phenoxy) is 2. The van der Waals surface area contributed by atoms with E-state index in [9.17, 15) is 15.4 Å². The van der Waals surface area contributed by atoms with Crippen molar-refractivity contribution in [1.29, 1.82) is 5.26 Å².